The summed E-state index contributed by atoms with van der Waals surface area (Å²) in [5.41, 5.74) is 20.2. The first-order chi connectivity index (χ1) is 63.4. The second-order valence-corrected chi connectivity index (χ2v) is 40.0. The first-order valence-electron chi connectivity index (χ1n) is 42.6. The first-order valence-corrected chi connectivity index (χ1v) is 51.2. The summed E-state index contributed by atoms with van der Waals surface area (Å²) in [5, 5.41) is 65.4. The maximum absolute atomic E-state index is 14.0. The van der Waals surface area contributed by atoms with E-state index in [1.807, 2.05) is 30.3 Å². The van der Waals surface area contributed by atoms with Crippen molar-refractivity contribution >= 4 is 161 Å². The standard InChI is InChI=1S/C60H67N7O14Si.C32H44N6O10.2ClH.2H2N.Pt/c1-37(2)55(64-59(78)43(24-26-51(73)74)28-48(70)47(34-81-36-69)62-50(72)25-27-52(75)76)49(71)29-44(33-80-35-68)60(79)63-46(58(61)77)30-45-32-67(66-65-45)31-38-20-22-42(23-21-38)57-54(40-16-10-6-11-17-40)53(39-14-8-5-9-15-39)56(82(57,3)4)41-18-12-7-13-19-41;1-19(33)34-14-6-11-24-30(46)35-18-23(40)16-21(17-28(43)44)29(45)38-26(15-20-7-3-2-4-8-20)32(48)37-25(31(47)36-24)10-5-9-22(39)12-13-27(41)42;;;;;/h5-23,32,35-37,43-44,46-47,55H,24-31,33-34H2,1-4H3,(H2,61,77)(H,62,72)(H,63,79)(H,64,78)(H,73,74)(H,75,76);2-4,7-8,21,24-26H,5-6,9-18H2,1H3,(H2,33,34)(H,35,46)(H,36,47)(H,37,48)(H,38,45)(H,41,42)(H,43,44);2*1H;2*1H2;/q;;;;2*-1;+4/p-2/t43-,44+,46-,47+,55+;21-,24?,25?,26+;;;;;/m00...../s1. The van der Waals surface area contributed by atoms with Gasteiger partial charge in [-0.25, -0.2) is 4.68 Å². The van der Waals surface area contributed by atoms with Crippen LogP contribution in [0.25, 0.3) is 33.8 Å². The predicted molar refractivity (Wildman–Crippen MR) is 497 cm³/mol. The van der Waals surface area contributed by atoms with Gasteiger partial charge in [0.25, 0.3) is 12.9 Å². The third-order valence-electron chi connectivity index (χ3n) is 21.6. The third kappa shape index (κ3) is 38.4. The van der Waals surface area contributed by atoms with E-state index in [2.05, 4.69) is 155 Å². The number of aliphatic carboxylic acids is 4. The van der Waals surface area contributed by atoms with E-state index in [-0.39, 0.29) is 88.9 Å². The number of aliphatic imine (C=N–C) groups is 1. The molecule has 0 bridgehead atoms. The number of carboxylic acids is 4. The molecule has 2 aliphatic rings. The second kappa shape index (κ2) is 58.8. The van der Waals surface area contributed by atoms with Crippen molar-refractivity contribution < 1.29 is 133 Å². The summed E-state index contributed by atoms with van der Waals surface area (Å²) in [4.78, 5) is 231. The third-order valence-corrected chi connectivity index (χ3v) is 25.1. The smallest absolute Gasteiger partial charge is 0.693 e. The molecule has 135 heavy (non-hydrogen) atoms. The number of amides is 8. The number of Topliss-reactive ketones (excluding diaryl/α,β-unsaturated/α-hetero) is 4. The molecule has 730 valence electrons. The average Bonchev–Trinajstić information content (AvgIpc) is 1.56. The molecule has 6 aromatic rings. The molecule has 2 unspecified atom stereocenters. The fourth-order valence-corrected chi connectivity index (χ4v) is 18.9. The maximum atomic E-state index is 14.0. The van der Waals surface area contributed by atoms with E-state index in [4.69, 9.17) is 45.3 Å². The second-order valence-electron chi connectivity index (χ2n) is 32.4. The van der Waals surface area contributed by atoms with Crippen LogP contribution in [0.3, 0.4) is 0 Å². The number of aromatic nitrogens is 3. The number of amidine groups is 1. The number of halogens is 2. The molecule has 1 saturated heterocycles. The van der Waals surface area contributed by atoms with Crippen molar-refractivity contribution in [2.45, 2.75) is 186 Å². The van der Waals surface area contributed by atoms with Crippen LogP contribution in [0.2, 0.25) is 13.1 Å². The quantitative estimate of drug-likeness (QED) is 0.00579. The minimum Gasteiger partial charge on any atom is -0.693 e. The van der Waals surface area contributed by atoms with Crippen molar-refractivity contribution in [2.24, 2.45) is 40.1 Å². The molecule has 19 N–H and O–H groups in total. The van der Waals surface area contributed by atoms with Gasteiger partial charge in [-0.3, -0.25) is 91.3 Å². The van der Waals surface area contributed by atoms with Gasteiger partial charge < -0.3 is 90.9 Å². The van der Waals surface area contributed by atoms with Gasteiger partial charge in [-0.1, -0.05) is 178 Å². The minimum atomic E-state index is -2.41. The van der Waals surface area contributed by atoms with Crippen LogP contribution in [0.5, 0.6) is 0 Å². The van der Waals surface area contributed by atoms with Crippen LogP contribution >= 0.6 is 18.8 Å². The van der Waals surface area contributed by atoms with E-state index in [0.29, 0.717) is 30.1 Å². The zero-order valence-electron chi connectivity index (χ0n) is 75.0. The van der Waals surface area contributed by atoms with Gasteiger partial charge in [0.15, 0.2) is 17.3 Å². The van der Waals surface area contributed by atoms with E-state index in [1.165, 1.54) is 27.1 Å². The molecule has 1 fully saturated rings. The summed E-state index contributed by atoms with van der Waals surface area (Å²) in [6.07, 6.45) is -3.54. The number of carbonyl (C=O) groups excluding carboxylic acids is 14. The van der Waals surface area contributed by atoms with Gasteiger partial charge in [0.05, 0.1) is 61.8 Å². The van der Waals surface area contributed by atoms with Crippen molar-refractivity contribution in [1.29, 1.82) is 0 Å². The Morgan fingerprint density at radius 2 is 1.07 bits per heavy atom. The number of ether oxygens (including phenoxy) is 2. The zero-order chi connectivity index (χ0) is 97.9. The van der Waals surface area contributed by atoms with Gasteiger partial charge in [-0.05, 0) is 99.9 Å². The van der Waals surface area contributed by atoms with Crippen LogP contribution in [0.1, 0.15) is 156 Å². The van der Waals surface area contributed by atoms with Crippen LogP contribution in [0, 0.1) is 23.7 Å². The number of nitrogens with one attached hydrogen (secondary N) is 7. The van der Waals surface area contributed by atoms with Crippen LogP contribution in [0.4, 0.5) is 0 Å². The molecular formula is C92H115Cl2N15O24PtSi. The molecule has 8 rings (SSSR count). The van der Waals surface area contributed by atoms with Crippen LogP contribution in [0.15, 0.2) is 157 Å². The summed E-state index contributed by atoms with van der Waals surface area (Å²) in [6.45, 7) is 8.30. The molecule has 5 aromatic carbocycles. The first kappa shape index (κ1) is 114. The Hall–Kier alpha value is -13.1. The molecule has 1 aromatic heterocycles. The summed E-state index contributed by atoms with van der Waals surface area (Å²) in [6, 6.07) is 40.5. The van der Waals surface area contributed by atoms with E-state index in [0.717, 1.165) is 22.3 Å². The van der Waals surface area contributed by atoms with Crippen molar-refractivity contribution in [2.75, 3.05) is 26.3 Å². The fraction of sp³-hybridized carbons (Fsp3) is 0.402. The fourth-order valence-electron chi connectivity index (χ4n) is 15.1. The van der Waals surface area contributed by atoms with Crippen LogP contribution < -0.4 is 48.7 Å². The Morgan fingerprint density at radius 1 is 0.578 bits per heavy atom. The number of allylic oxidation sites excluding steroid dienone is 2. The Labute approximate surface area is 797 Å². The van der Waals surface area contributed by atoms with Gasteiger partial charge in [-0.15, -0.1) is 5.10 Å². The molecule has 0 radical (unpaired) electrons. The molecule has 39 nitrogen and oxygen atoms in total. The topological polar surface area (TPSA) is 653 Å². The number of carbonyl (C=O) groups is 18. The van der Waals surface area contributed by atoms with Crippen LogP contribution in [-0.2, 0) is 132 Å². The monoisotopic (exact) mass is 2110 g/mol. The van der Waals surface area contributed by atoms with Crippen molar-refractivity contribution in [1.82, 2.24) is 52.2 Å². The number of ketones is 4. The summed E-state index contributed by atoms with van der Waals surface area (Å²) in [7, 11) is 7.34. The molecule has 3 heterocycles. The normalized spacial score (nSPS) is 16.7. The number of nitrogens with zero attached hydrogens (tertiary/aromatic N) is 4. The van der Waals surface area contributed by atoms with Crippen molar-refractivity contribution in [3.63, 3.8) is 0 Å². The zero-order valence-corrected chi connectivity index (χ0v) is 79.8. The largest absolute Gasteiger partial charge is 0.693 e. The van der Waals surface area contributed by atoms with Gasteiger partial charge in [-0.2, -0.15) is 0 Å². The number of nitrogens with two attached hydrogens (primary N) is 4. The Balaban J connectivity index is 0.000000613. The Morgan fingerprint density at radius 3 is 1.61 bits per heavy atom. The number of rotatable bonds is 48. The van der Waals surface area contributed by atoms with Gasteiger partial charge >= 0.3 is 59.2 Å². The van der Waals surface area contributed by atoms with E-state index < -0.39 is 244 Å². The van der Waals surface area contributed by atoms with E-state index in [1.54, 1.807) is 62.0 Å². The molecule has 8 amide bonds. The van der Waals surface area contributed by atoms with Crippen molar-refractivity contribution in [3.8, 4) is 0 Å². The molecule has 9 atom stereocenters. The molecule has 0 saturated carbocycles. The molecular weight excluding hydrogens is 1990 g/mol. The molecule has 0 aliphatic carbocycles. The number of benzene rings is 5. The van der Waals surface area contributed by atoms with Gasteiger partial charge in [0.2, 0.25) is 47.3 Å². The minimum absolute atomic E-state index is 0. The molecule has 2 aliphatic heterocycles. The summed E-state index contributed by atoms with van der Waals surface area (Å²) in [5.74, 6) is -19.0. The SMILES string of the molecule is CC(C)[C@@H](NC(=O)[C@@H](CCC(=O)O)CC(=O)[C@@H](COC=O)NC(=O)CCC(=O)O)C(=O)C[C@H](COC=O)C(=O)N[C@@H](Cc1cn(Cc2ccc(C3=C(c4ccccc4)C(c4ccccc4)=C(c4ccccc4)[Si]3(C)C)cc2)nn1)C(N)=O.CC(N)=NCCCC1NC(=O)C(CCCC(=O)CCC(=O)O)NC(=O)[C@@H](Cc2ccccc2)NC(=O)[C@H](CC(=O)O)CC(=O)CNC1=O.[Cl][Pt+2][Cl].[NH2-].[NH2-]. The molecule has 0 spiro atoms. The number of carboxylic acid groups (broad SMARTS) is 4. The number of hydrogen-bond donors (Lipinski definition) is 13. The maximum Gasteiger partial charge on any atom is -0.693 e. The summed E-state index contributed by atoms with van der Waals surface area (Å²) >= 11 is -0.472. The van der Waals surface area contributed by atoms with Gasteiger partial charge in [0, 0.05) is 76.4 Å². The summed E-state index contributed by atoms with van der Waals surface area (Å²) < 4.78 is 11.2. The van der Waals surface area contributed by atoms with Crippen molar-refractivity contribution in [3.05, 3.63) is 203 Å². The predicted octanol–water partition coefficient (Wildman–Crippen LogP) is 7.45. The van der Waals surface area contributed by atoms with Gasteiger partial charge in [0.1, 0.15) is 57.3 Å². The number of primary amides is 1. The number of hydrogen-bond acceptors (Lipinski definition) is 23. The average molecular weight is 2110 g/mol. The Kier molecular flexibility index (Phi) is 49.7. The Bertz CT molecular complexity index is 5170. The van der Waals surface area contributed by atoms with Crippen LogP contribution in [-0.4, -0.2) is 219 Å². The molecule has 43 heteroatoms. The van der Waals surface area contributed by atoms with E-state index in [9.17, 15) is 96.5 Å². The van der Waals surface area contributed by atoms with E-state index >= 15 is 0 Å².